The van der Waals surface area contributed by atoms with E-state index in [2.05, 4.69) is 12.2 Å². The summed E-state index contributed by atoms with van der Waals surface area (Å²) in [6.07, 6.45) is 6.85. The number of rotatable bonds is 2. The molecule has 0 spiro atoms. The van der Waals surface area contributed by atoms with Crippen molar-refractivity contribution in [2.75, 3.05) is 13.1 Å². The molecule has 2 unspecified atom stereocenters. The van der Waals surface area contributed by atoms with Crippen molar-refractivity contribution >= 4 is 0 Å². The fraction of sp³-hybridized carbons (Fsp3) is 0.667. The Hall–Kier alpha value is -0.890. The maximum absolute atomic E-state index is 13.1. The highest BCUT2D eigenvalue weighted by Crippen LogP contribution is 2.42. The first-order chi connectivity index (χ1) is 9.74. The molecule has 2 aliphatic rings. The number of nitrogens with one attached hydrogen (secondary N) is 1. The maximum atomic E-state index is 13.1. The summed E-state index contributed by atoms with van der Waals surface area (Å²) in [4.78, 5) is 0. The predicted octanol–water partition coefficient (Wildman–Crippen LogP) is 4.35. The van der Waals surface area contributed by atoms with Gasteiger partial charge in [0, 0.05) is 6.54 Å². The standard InChI is InChI=1S/C18H26FN/c1-13-2-4-14(5-3-13)17-10-11-20-12-18(17)15-6-8-16(19)9-7-15/h6-9,13-14,17-18,20H,2-5,10-12H2,1H3. The summed E-state index contributed by atoms with van der Waals surface area (Å²) < 4.78 is 13.1. The van der Waals surface area contributed by atoms with Crippen molar-refractivity contribution in [2.45, 2.75) is 44.9 Å². The molecule has 0 aromatic heterocycles. The van der Waals surface area contributed by atoms with Crippen molar-refractivity contribution in [3.63, 3.8) is 0 Å². The lowest BCUT2D eigenvalue weighted by molar-refractivity contribution is 0.158. The van der Waals surface area contributed by atoms with Gasteiger partial charge >= 0.3 is 0 Å². The number of halogens is 1. The average molecular weight is 275 g/mol. The molecular formula is C18H26FN. The van der Waals surface area contributed by atoms with E-state index in [0.717, 1.165) is 30.8 Å². The van der Waals surface area contributed by atoms with Crippen LogP contribution in [0.15, 0.2) is 24.3 Å². The molecule has 3 rings (SSSR count). The molecule has 1 saturated carbocycles. The summed E-state index contributed by atoms with van der Waals surface area (Å²) >= 11 is 0. The summed E-state index contributed by atoms with van der Waals surface area (Å²) in [6, 6.07) is 7.21. The van der Waals surface area contributed by atoms with Crippen LogP contribution in [0.25, 0.3) is 0 Å². The lowest BCUT2D eigenvalue weighted by Gasteiger charge is -2.40. The van der Waals surface area contributed by atoms with Gasteiger partial charge in [-0.3, -0.25) is 0 Å². The Labute approximate surface area is 122 Å². The minimum atomic E-state index is -0.124. The van der Waals surface area contributed by atoms with Crippen LogP contribution in [0.2, 0.25) is 0 Å². The summed E-state index contributed by atoms with van der Waals surface area (Å²) in [5, 5.41) is 3.53. The van der Waals surface area contributed by atoms with Crippen molar-refractivity contribution in [1.82, 2.24) is 5.32 Å². The topological polar surface area (TPSA) is 12.0 Å². The highest BCUT2D eigenvalue weighted by atomic mass is 19.1. The SMILES string of the molecule is CC1CCC(C2CCNCC2c2ccc(F)cc2)CC1. The minimum Gasteiger partial charge on any atom is -0.316 e. The molecule has 1 saturated heterocycles. The number of piperidine rings is 1. The third kappa shape index (κ3) is 3.06. The van der Waals surface area contributed by atoms with Gasteiger partial charge in [-0.1, -0.05) is 31.9 Å². The zero-order valence-electron chi connectivity index (χ0n) is 12.4. The monoisotopic (exact) mass is 275 g/mol. The Morgan fingerprint density at radius 3 is 2.40 bits per heavy atom. The van der Waals surface area contributed by atoms with E-state index in [9.17, 15) is 4.39 Å². The molecule has 0 bridgehead atoms. The van der Waals surface area contributed by atoms with Crippen LogP contribution in [0.4, 0.5) is 4.39 Å². The second-order valence-electron chi connectivity index (χ2n) is 6.83. The van der Waals surface area contributed by atoms with Gasteiger partial charge in [-0.05, 0) is 67.2 Å². The molecular weight excluding hydrogens is 249 g/mol. The number of hydrogen-bond donors (Lipinski definition) is 1. The largest absolute Gasteiger partial charge is 0.316 e. The van der Waals surface area contributed by atoms with Gasteiger partial charge in [0.1, 0.15) is 5.82 Å². The Morgan fingerprint density at radius 2 is 1.70 bits per heavy atom. The molecule has 0 radical (unpaired) electrons. The molecule has 0 amide bonds. The van der Waals surface area contributed by atoms with Crippen LogP contribution in [-0.2, 0) is 0 Å². The second-order valence-corrected chi connectivity index (χ2v) is 6.83. The van der Waals surface area contributed by atoms with Gasteiger partial charge in [0.25, 0.3) is 0 Å². The minimum absolute atomic E-state index is 0.124. The average Bonchev–Trinajstić information content (AvgIpc) is 2.49. The summed E-state index contributed by atoms with van der Waals surface area (Å²) in [5.74, 6) is 3.03. The lowest BCUT2D eigenvalue weighted by Crippen LogP contribution is -2.39. The predicted molar refractivity (Wildman–Crippen MR) is 81.2 cm³/mol. The Balaban J connectivity index is 1.75. The highest BCUT2D eigenvalue weighted by molar-refractivity contribution is 5.22. The van der Waals surface area contributed by atoms with Crippen LogP contribution >= 0.6 is 0 Å². The van der Waals surface area contributed by atoms with Gasteiger partial charge < -0.3 is 5.32 Å². The van der Waals surface area contributed by atoms with Gasteiger partial charge in [-0.25, -0.2) is 4.39 Å². The molecule has 1 heterocycles. The molecule has 1 aromatic rings. The van der Waals surface area contributed by atoms with Crippen molar-refractivity contribution in [3.05, 3.63) is 35.6 Å². The van der Waals surface area contributed by atoms with Gasteiger partial charge in [0.05, 0.1) is 0 Å². The van der Waals surface area contributed by atoms with Crippen LogP contribution in [0.1, 0.15) is 50.5 Å². The van der Waals surface area contributed by atoms with Crippen LogP contribution < -0.4 is 5.32 Å². The van der Waals surface area contributed by atoms with E-state index in [0.29, 0.717) is 5.92 Å². The first kappa shape index (κ1) is 14.1. The smallest absolute Gasteiger partial charge is 0.123 e. The van der Waals surface area contributed by atoms with Crippen LogP contribution in [0.5, 0.6) is 0 Å². The Bertz CT molecular complexity index is 420. The zero-order valence-corrected chi connectivity index (χ0v) is 12.4. The fourth-order valence-corrected chi connectivity index (χ4v) is 4.23. The molecule has 1 nitrogen and oxygen atoms in total. The van der Waals surface area contributed by atoms with Gasteiger partial charge in [0.15, 0.2) is 0 Å². The van der Waals surface area contributed by atoms with E-state index in [1.165, 1.54) is 37.7 Å². The maximum Gasteiger partial charge on any atom is 0.123 e. The molecule has 110 valence electrons. The molecule has 2 heteroatoms. The molecule has 1 aliphatic heterocycles. The summed E-state index contributed by atoms with van der Waals surface area (Å²) in [7, 11) is 0. The highest BCUT2D eigenvalue weighted by Gasteiger charge is 2.34. The lowest BCUT2D eigenvalue weighted by atomic mass is 9.68. The molecule has 1 aromatic carbocycles. The third-order valence-electron chi connectivity index (χ3n) is 5.50. The van der Waals surface area contributed by atoms with E-state index < -0.39 is 0 Å². The van der Waals surface area contributed by atoms with E-state index in [1.807, 2.05) is 12.1 Å². The number of benzene rings is 1. The van der Waals surface area contributed by atoms with Crippen molar-refractivity contribution in [1.29, 1.82) is 0 Å². The van der Waals surface area contributed by atoms with Crippen molar-refractivity contribution in [3.8, 4) is 0 Å². The summed E-state index contributed by atoms with van der Waals surface area (Å²) in [5.41, 5.74) is 1.32. The van der Waals surface area contributed by atoms with Crippen LogP contribution in [-0.4, -0.2) is 13.1 Å². The first-order valence-electron chi connectivity index (χ1n) is 8.20. The van der Waals surface area contributed by atoms with Crippen LogP contribution in [0, 0.1) is 23.6 Å². The van der Waals surface area contributed by atoms with E-state index >= 15 is 0 Å². The fourth-order valence-electron chi connectivity index (χ4n) is 4.23. The normalized spacial score (nSPS) is 34.9. The van der Waals surface area contributed by atoms with E-state index in [-0.39, 0.29) is 5.82 Å². The number of hydrogen-bond acceptors (Lipinski definition) is 1. The quantitative estimate of drug-likeness (QED) is 0.846. The molecule has 2 fully saturated rings. The first-order valence-corrected chi connectivity index (χ1v) is 8.20. The molecule has 2 atom stereocenters. The Kier molecular flexibility index (Phi) is 4.40. The van der Waals surface area contributed by atoms with Crippen molar-refractivity contribution in [2.24, 2.45) is 17.8 Å². The molecule has 20 heavy (non-hydrogen) atoms. The van der Waals surface area contributed by atoms with Crippen LogP contribution in [0.3, 0.4) is 0 Å². The molecule has 1 aliphatic carbocycles. The van der Waals surface area contributed by atoms with Gasteiger partial charge in [-0.2, -0.15) is 0 Å². The van der Waals surface area contributed by atoms with Gasteiger partial charge in [-0.15, -0.1) is 0 Å². The Morgan fingerprint density at radius 1 is 1.00 bits per heavy atom. The van der Waals surface area contributed by atoms with Crippen molar-refractivity contribution < 1.29 is 4.39 Å². The zero-order chi connectivity index (χ0) is 13.9. The van der Waals surface area contributed by atoms with E-state index in [1.54, 1.807) is 12.1 Å². The third-order valence-corrected chi connectivity index (χ3v) is 5.50. The van der Waals surface area contributed by atoms with Gasteiger partial charge in [0.2, 0.25) is 0 Å². The van der Waals surface area contributed by atoms with E-state index in [4.69, 9.17) is 0 Å². The molecule has 1 N–H and O–H groups in total. The second kappa shape index (κ2) is 6.26. The summed E-state index contributed by atoms with van der Waals surface area (Å²) in [6.45, 7) is 4.59.